The fourth-order valence-electron chi connectivity index (χ4n) is 3.41. The Morgan fingerprint density at radius 2 is 2.00 bits per heavy atom. The van der Waals surface area contributed by atoms with Crippen LogP contribution < -0.4 is 0 Å². The van der Waals surface area contributed by atoms with Gasteiger partial charge in [0.15, 0.2) is 0 Å². The Bertz CT molecular complexity index is 221. The topological polar surface area (TPSA) is 29.5 Å². The molecule has 3 atom stereocenters. The second kappa shape index (κ2) is 5.05. The van der Waals surface area contributed by atoms with Crippen LogP contribution in [0.4, 0.5) is 0 Å². The Hall–Kier alpha value is -0.0800. The summed E-state index contributed by atoms with van der Waals surface area (Å²) in [6.45, 7) is 6.25. The zero-order valence-corrected chi connectivity index (χ0v) is 10.7. The highest BCUT2D eigenvalue weighted by Crippen LogP contribution is 2.40. The molecule has 16 heavy (non-hydrogen) atoms. The number of ether oxygens (including phenoxy) is 1. The summed E-state index contributed by atoms with van der Waals surface area (Å²) in [5.41, 5.74) is -0.417. The third-order valence-corrected chi connectivity index (χ3v) is 4.77. The van der Waals surface area contributed by atoms with Crippen molar-refractivity contribution in [3.05, 3.63) is 0 Å². The van der Waals surface area contributed by atoms with Crippen LogP contribution in [-0.2, 0) is 4.74 Å². The molecular formula is C14H26O2. The van der Waals surface area contributed by atoms with Gasteiger partial charge in [0.25, 0.3) is 0 Å². The minimum Gasteiger partial charge on any atom is -0.390 e. The number of aliphatic hydroxyl groups is 1. The highest BCUT2D eigenvalue weighted by atomic mass is 16.5. The molecule has 2 fully saturated rings. The van der Waals surface area contributed by atoms with Crippen LogP contribution in [0.1, 0.15) is 52.4 Å². The molecule has 1 saturated carbocycles. The smallest absolute Gasteiger partial charge is 0.0698 e. The average molecular weight is 226 g/mol. The molecule has 1 saturated heterocycles. The predicted octanol–water partition coefficient (Wildman–Crippen LogP) is 2.99. The highest BCUT2D eigenvalue weighted by Gasteiger charge is 2.40. The minimum absolute atomic E-state index is 0.401. The lowest BCUT2D eigenvalue weighted by atomic mass is 9.80. The van der Waals surface area contributed by atoms with Crippen molar-refractivity contribution < 1.29 is 9.84 Å². The molecule has 1 aliphatic carbocycles. The van der Waals surface area contributed by atoms with Crippen LogP contribution in [0.2, 0.25) is 0 Å². The molecule has 2 rings (SSSR count). The summed E-state index contributed by atoms with van der Waals surface area (Å²) in [5.74, 6) is 1.98. The number of hydrogen-bond donors (Lipinski definition) is 1. The first-order chi connectivity index (χ1) is 7.62. The largest absolute Gasteiger partial charge is 0.390 e. The van der Waals surface area contributed by atoms with E-state index in [1.54, 1.807) is 0 Å². The van der Waals surface area contributed by atoms with Gasteiger partial charge in [0.1, 0.15) is 0 Å². The van der Waals surface area contributed by atoms with E-state index in [9.17, 15) is 5.11 Å². The molecule has 1 N–H and O–H groups in total. The Balaban J connectivity index is 1.96. The first kappa shape index (κ1) is 12.4. The van der Waals surface area contributed by atoms with Crippen LogP contribution in [-0.4, -0.2) is 23.9 Å². The molecule has 94 valence electrons. The molecule has 0 aromatic rings. The Morgan fingerprint density at radius 1 is 1.19 bits per heavy atom. The monoisotopic (exact) mass is 226 g/mol. The van der Waals surface area contributed by atoms with Crippen molar-refractivity contribution >= 4 is 0 Å². The van der Waals surface area contributed by atoms with Crippen molar-refractivity contribution in [2.45, 2.75) is 58.0 Å². The van der Waals surface area contributed by atoms with E-state index in [0.29, 0.717) is 5.92 Å². The summed E-state index contributed by atoms with van der Waals surface area (Å²) in [7, 11) is 0. The van der Waals surface area contributed by atoms with E-state index in [1.165, 1.54) is 19.3 Å². The molecule has 2 nitrogen and oxygen atoms in total. The van der Waals surface area contributed by atoms with Crippen molar-refractivity contribution in [1.82, 2.24) is 0 Å². The summed E-state index contributed by atoms with van der Waals surface area (Å²) >= 11 is 0. The van der Waals surface area contributed by atoms with Gasteiger partial charge in [0, 0.05) is 12.5 Å². The van der Waals surface area contributed by atoms with Gasteiger partial charge in [0.05, 0.1) is 12.2 Å². The second-order valence-electron chi connectivity index (χ2n) is 6.10. The third kappa shape index (κ3) is 2.60. The fraction of sp³-hybridized carbons (Fsp3) is 1.00. The molecule has 0 aromatic carbocycles. The first-order valence-electron chi connectivity index (χ1n) is 6.92. The SMILES string of the molecule is CC(C)C1CCCC(O)(C2CCOC2)CC1. The van der Waals surface area contributed by atoms with Crippen molar-refractivity contribution in [2.75, 3.05) is 13.2 Å². The van der Waals surface area contributed by atoms with E-state index in [1.807, 2.05) is 0 Å². The van der Waals surface area contributed by atoms with E-state index >= 15 is 0 Å². The van der Waals surface area contributed by atoms with E-state index in [0.717, 1.165) is 44.3 Å². The lowest BCUT2D eigenvalue weighted by Crippen LogP contribution is -2.37. The van der Waals surface area contributed by atoms with Gasteiger partial charge in [-0.2, -0.15) is 0 Å². The molecule has 2 aliphatic rings. The van der Waals surface area contributed by atoms with Crippen LogP contribution in [0.25, 0.3) is 0 Å². The zero-order valence-electron chi connectivity index (χ0n) is 10.7. The molecule has 2 heteroatoms. The van der Waals surface area contributed by atoms with Gasteiger partial charge in [-0.25, -0.2) is 0 Å². The van der Waals surface area contributed by atoms with E-state index in [2.05, 4.69) is 13.8 Å². The summed E-state index contributed by atoms with van der Waals surface area (Å²) in [5, 5.41) is 10.8. The molecule has 1 heterocycles. The van der Waals surface area contributed by atoms with Crippen LogP contribution >= 0.6 is 0 Å². The molecule has 0 bridgehead atoms. The van der Waals surface area contributed by atoms with Crippen molar-refractivity contribution in [3.63, 3.8) is 0 Å². The molecule has 0 amide bonds. The Kier molecular flexibility index (Phi) is 3.91. The fourth-order valence-corrected chi connectivity index (χ4v) is 3.41. The van der Waals surface area contributed by atoms with Crippen LogP contribution in [0.3, 0.4) is 0 Å². The second-order valence-corrected chi connectivity index (χ2v) is 6.10. The van der Waals surface area contributed by atoms with Crippen LogP contribution in [0, 0.1) is 17.8 Å². The maximum Gasteiger partial charge on any atom is 0.0698 e. The number of hydrogen-bond acceptors (Lipinski definition) is 2. The lowest BCUT2D eigenvalue weighted by Gasteiger charge is -2.32. The molecule has 0 radical (unpaired) electrons. The van der Waals surface area contributed by atoms with E-state index < -0.39 is 5.60 Å². The van der Waals surface area contributed by atoms with Gasteiger partial charge in [-0.1, -0.05) is 26.7 Å². The Labute approximate surface area is 99.4 Å². The molecular weight excluding hydrogens is 200 g/mol. The van der Waals surface area contributed by atoms with E-state index in [4.69, 9.17) is 4.74 Å². The summed E-state index contributed by atoms with van der Waals surface area (Å²) in [6, 6.07) is 0. The third-order valence-electron chi connectivity index (χ3n) is 4.77. The minimum atomic E-state index is -0.417. The first-order valence-corrected chi connectivity index (χ1v) is 6.92. The van der Waals surface area contributed by atoms with Crippen molar-refractivity contribution in [2.24, 2.45) is 17.8 Å². The maximum absolute atomic E-state index is 10.8. The van der Waals surface area contributed by atoms with Gasteiger partial charge in [0.2, 0.25) is 0 Å². The predicted molar refractivity (Wildman–Crippen MR) is 65.3 cm³/mol. The van der Waals surface area contributed by atoms with Crippen LogP contribution in [0.15, 0.2) is 0 Å². The maximum atomic E-state index is 10.8. The zero-order chi connectivity index (χ0) is 11.6. The van der Waals surface area contributed by atoms with Gasteiger partial charge in [-0.05, 0) is 37.5 Å². The summed E-state index contributed by atoms with van der Waals surface area (Å²) in [4.78, 5) is 0. The quantitative estimate of drug-likeness (QED) is 0.733. The Morgan fingerprint density at radius 3 is 2.62 bits per heavy atom. The molecule has 0 aromatic heterocycles. The van der Waals surface area contributed by atoms with Crippen LogP contribution in [0.5, 0.6) is 0 Å². The standard InChI is InChI=1S/C14H26O2/c1-11(2)12-4-3-7-14(15,8-5-12)13-6-9-16-10-13/h11-13,15H,3-10H2,1-2H3. The summed E-state index contributed by atoms with van der Waals surface area (Å²) < 4.78 is 5.43. The van der Waals surface area contributed by atoms with Gasteiger partial charge in [-0.3, -0.25) is 0 Å². The van der Waals surface area contributed by atoms with Crippen molar-refractivity contribution in [3.8, 4) is 0 Å². The van der Waals surface area contributed by atoms with Gasteiger partial charge < -0.3 is 9.84 Å². The van der Waals surface area contributed by atoms with Crippen molar-refractivity contribution in [1.29, 1.82) is 0 Å². The van der Waals surface area contributed by atoms with E-state index in [-0.39, 0.29) is 0 Å². The molecule has 3 unspecified atom stereocenters. The normalized spacial score (nSPS) is 41.2. The lowest BCUT2D eigenvalue weighted by molar-refractivity contribution is -0.0354. The average Bonchev–Trinajstić information content (AvgIpc) is 2.70. The van der Waals surface area contributed by atoms with Gasteiger partial charge in [-0.15, -0.1) is 0 Å². The van der Waals surface area contributed by atoms with Gasteiger partial charge >= 0.3 is 0 Å². The number of rotatable bonds is 2. The molecule has 1 aliphatic heterocycles. The summed E-state index contributed by atoms with van der Waals surface area (Å²) in [6.07, 6.45) is 6.73. The molecule has 0 spiro atoms. The highest BCUT2D eigenvalue weighted by molar-refractivity contribution is 4.91.